The van der Waals surface area contributed by atoms with Crippen molar-refractivity contribution in [2.45, 2.75) is 0 Å². The number of aliphatic hydroxyl groups excluding tert-OH is 1. The third kappa shape index (κ3) is 6.32. The maximum absolute atomic E-state index is 12.6. The van der Waals surface area contributed by atoms with Crippen LogP contribution < -0.4 is 15.4 Å². The number of ether oxygens (including phenoxy) is 1. The molecule has 0 aromatic heterocycles. The van der Waals surface area contributed by atoms with E-state index in [1.165, 1.54) is 18.2 Å². The lowest BCUT2D eigenvalue weighted by Crippen LogP contribution is -2.36. The Bertz CT molecular complexity index is 1130. The highest BCUT2D eigenvalue weighted by Gasteiger charge is 2.16. The molecule has 32 heavy (non-hydrogen) atoms. The van der Waals surface area contributed by atoms with Crippen LogP contribution in [-0.2, 0) is 4.79 Å². The number of aliphatic hydroxyl groups is 1. The number of carbonyl (C=O) groups excluding carboxylic acids is 2. The van der Waals surface area contributed by atoms with Crippen LogP contribution in [0.3, 0.4) is 0 Å². The summed E-state index contributed by atoms with van der Waals surface area (Å²) in [6.07, 6.45) is 1.50. The van der Waals surface area contributed by atoms with Crippen LogP contribution in [0, 0.1) is 3.57 Å². The molecule has 0 fully saturated rings. The number of halogens is 1. The highest BCUT2D eigenvalue weighted by molar-refractivity contribution is 14.1. The van der Waals surface area contributed by atoms with E-state index in [-0.39, 0.29) is 30.2 Å². The largest absolute Gasteiger partial charge is 0.507 e. The molecule has 8 heteroatoms. The molecule has 0 aliphatic heterocycles. The lowest BCUT2D eigenvalue weighted by atomic mass is 10.1. The Hall–Kier alpha value is -3.37. The fraction of sp³-hybridized carbons (Fsp3) is 0.0833. The average Bonchev–Trinajstić information content (AvgIpc) is 2.80. The molecule has 0 aliphatic rings. The van der Waals surface area contributed by atoms with Crippen LogP contribution in [0.2, 0.25) is 0 Å². The third-order valence-electron chi connectivity index (χ3n) is 4.29. The molecule has 4 N–H and O–H groups in total. The summed E-state index contributed by atoms with van der Waals surface area (Å²) in [5, 5.41) is 23.9. The molecule has 0 heterocycles. The summed E-state index contributed by atoms with van der Waals surface area (Å²) in [6, 6.07) is 20.7. The number of hydrogen-bond acceptors (Lipinski definition) is 5. The first kappa shape index (κ1) is 23.3. The number of hydrogen-bond donors (Lipinski definition) is 4. The number of benzene rings is 3. The Morgan fingerprint density at radius 1 is 0.969 bits per heavy atom. The number of nitrogens with one attached hydrogen (secondary N) is 2. The van der Waals surface area contributed by atoms with Gasteiger partial charge in [-0.3, -0.25) is 9.59 Å². The van der Waals surface area contributed by atoms with Gasteiger partial charge < -0.3 is 25.6 Å². The number of rotatable bonds is 8. The van der Waals surface area contributed by atoms with Gasteiger partial charge in [0.05, 0.1) is 15.7 Å². The summed E-state index contributed by atoms with van der Waals surface area (Å²) in [7, 11) is 0. The topological polar surface area (TPSA) is 108 Å². The minimum atomic E-state index is -0.632. The summed E-state index contributed by atoms with van der Waals surface area (Å²) in [4.78, 5) is 25.1. The van der Waals surface area contributed by atoms with Gasteiger partial charge in [-0.05, 0) is 70.6 Å². The molecule has 3 rings (SSSR count). The van der Waals surface area contributed by atoms with Crippen molar-refractivity contribution in [1.29, 1.82) is 0 Å². The second-order valence-corrected chi connectivity index (χ2v) is 7.77. The fourth-order valence-electron chi connectivity index (χ4n) is 2.73. The number of amides is 2. The van der Waals surface area contributed by atoms with Crippen molar-refractivity contribution in [2.24, 2.45) is 0 Å². The maximum atomic E-state index is 12.6. The molecule has 0 saturated heterocycles. The Morgan fingerprint density at radius 3 is 2.34 bits per heavy atom. The van der Waals surface area contributed by atoms with E-state index >= 15 is 0 Å². The van der Waals surface area contributed by atoms with Crippen LogP contribution in [0.25, 0.3) is 6.08 Å². The molecular weight excluding hydrogens is 523 g/mol. The summed E-state index contributed by atoms with van der Waals surface area (Å²) in [5.41, 5.74) is 0.652. The van der Waals surface area contributed by atoms with Crippen molar-refractivity contribution >= 4 is 40.5 Å². The van der Waals surface area contributed by atoms with Crippen molar-refractivity contribution < 1.29 is 24.5 Å². The summed E-state index contributed by atoms with van der Waals surface area (Å²) < 4.78 is 6.85. The number of carbonyl (C=O) groups is 2. The molecule has 0 bridgehead atoms. The van der Waals surface area contributed by atoms with Crippen molar-refractivity contribution in [3.8, 4) is 17.2 Å². The van der Waals surface area contributed by atoms with E-state index in [4.69, 9.17) is 9.84 Å². The number of para-hydroxylation sites is 2. The molecule has 2 amide bonds. The van der Waals surface area contributed by atoms with Gasteiger partial charge in [0, 0.05) is 6.54 Å². The normalized spacial score (nSPS) is 11.0. The summed E-state index contributed by atoms with van der Waals surface area (Å²) in [5.74, 6) is -0.0440. The number of aromatic hydroxyl groups is 1. The molecule has 0 saturated carbocycles. The van der Waals surface area contributed by atoms with Gasteiger partial charge in [-0.15, -0.1) is 0 Å². The second kappa shape index (κ2) is 11.3. The van der Waals surface area contributed by atoms with Gasteiger partial charge in [0.15, 0.2) is 0 Å². The molecule has 3 aromatic rings. The van der Waals surface area contributed by atoms with Gasteiger partial charge >= 0.3 is 0 Å². The smallest absolute Gasteiger partial charge is 0.267 e. The first-order valence-corrected chi connectivity index (χ1v) is 10.8. The first-order valence-electron chi connectivity index (χ1n) is 9.70. The minimum absolute atomic E-state index is 0.0296. The molecule has 3 aromatic carbocycles. The Morgan fingerprint density at radius 2 is 1.66 bits per heavy atom. The Kier molecular flexibility index (Phi) is 8.23. The van der Waals surface area contributed by atoms with Crippen molar-refractivity contribution in [1.82, 2.24) is 10.6 Å². The zero-order chi connectivity index (χ0) is 22.9. The van der Waals surface area contributed by atoms with Crippen molar-refractivity contribution in [3.05, 3.63) is 93.2 Å². The van der Waals surface area contributed by atoms with Crippen LogP contribution in [0.15, 0.2) is 78.5 Å². The Balaban J connectivity index is 1.81. The molecule has 0 unspecified atom stereocenters. The van der Waals surface area contributed by atoms with E-state index in [1.54, 1.807) is 36.4 Å². The van der Waals surface area contributed by atoms with Crippen LogP contribution in [0.4, 0.5) is 0 Å². The SMILES string of the molecule is O=C(NCCO)C(=Cc1ccc(Oc2ccccc2I)cc1)NC(=O)c1ccccc1O. The van der Waals surface area contributed by atoms with E-state index in [9.17, 15) is 14.7 Å². The van der Waals surface area contributed by atoms with Crippen molar-refractivity contribution in [2.75, 3.05) is 13.2 Å². The average molecular weight is 544 g/mol. The third-order valence-corrected chi connectivity index (χ3v) is 5.19. The number of phenolic OH excluding ortho intramolecular Hbond substituents is 1. The van der Waals surface area contributed by atoms with E-state index < -0.39 is 11.8 Å². The van der Waals surface area contributed by atoms with Gasteiger partial charge in [0.2, 0.25) is 0 Å². The van der Waals surface area contributed by atoms with Crippen LogP contribution in [0.5, 0.6) is 17.2 Å². The minimum Gasteiger partial charge on any atom is -0.507 e. The van der Waals surface area contributed by atoms with Crippen LogP contribution in [0.1, 0.15) is 15.9 Å². The van der Waals surface area contributed by atoms with Gasteiger partial charge in [-0.1, -0.05) is 36.4 Å². The van der Waals surface area contributed by atoms with E-state index in [2.05, 4.69) is 33.2 Å². The van der Waals surface area contributed by atoms with Gasteiger partial charge in [-0.25, -0.2) is 0 Å². The zero-order valence-electron chi connectivity index (χ0n) is 16.9. The highest BCUT2D eigenvalue weighted by atomic mass is 127. The first-order chi connectivity index (χ1) is 15.5. The lowest BCUT2D eigenvalue weighted by molar-refractivity contribution is -0.117. The van der Waals surface area contributed by atoms with Crippen molar-refractivity contribution in [3.63, 3.8) is 0 Å². The predicted molar refractivity (Wildman–Crippen MR) is 129 cm³/mol. The van der Waals surface area contributed by atoms with E-state index in [0.29, 0.717) is 11.3 Å². The molecular formula is C24H21IN2O5. The standard InChI is InChI=1S/C24H21IN2O5/c25-19-6-2-4-8-22(19)32-17-11-9-16(10-12-17)15-20(24(31)26-13-14-28)27-23(30)18-5-1-3-7-21(18)29/h1-12,15,28-29H,13-14H2,(H,26,31)(H,27,30). The zero-order valence-corrected chi connectivity index (χ0v) is 19.1. The molecule has 7 nitrogen and oxygen atoms in total. The van der Waals surface area contributed by atoms with Gasteiger partial charge in [0.1, 0.15) is 22.9 Å². The van der Waals surface area contributed by atoms with E-state index in [0.717, 1.165) is 9.32 Å². The molecule has 164 valence electrons. The second-order valence-electron chi connectivity index (χ2n) is 6.61. The van der Waals surface area contributed by atoms with Crippen LogP contribution >= 0.6 is 22.6 Å². The van der Waals surface area contributed by atoms with Gasteiger partial charge in [0.25, 0.3) is 11.8 Å². The molecule has 0 radical (unpaired) electrons. The molecule has 0 aliphatic carbocycles. The highest BCUT2D eigenvalue weighted by Crippen LogP contribution is 2.26. The van der Waals surface area contributed by atoms with E-state index in [1.807, 2.05) is 24.3 Å². The molecule has 0 spiro atoms. The predicted octanol–water partition coefficient (Wildman–Crippen LogP) is 3.67. The summed E-state index contributed by atoms with van der Waals surface area (Å²) >= 11 is 2.19. The monoisotopic (exact) mass is 544 g/mol. The lowest BCUT2D eigenvalue weighted by Gasteiger charge is -2.12. The maximum Gasteiger partial charge on any atom is 0.267 e. The summed E-state index contributed by atoms with van der Waals surface area (Å²) in [6.45, 7) is -0.206. The Labute approximate surface area is 198 Å². The molecule has 0 atom stereocenters. The van der Waals surface area contributed by atoms with Gasteiger partial charge in [-0.2, -0.15) is 0 Å². The van der Waals surface area contributed by atoms with Crippen LogP contribution in [-0.4, -0.2) is 35.2 Å². The number of phenols is 1. The quantitative estimate of drug-likeness (QED) is 0.256. The fourth-order valence-corrected chi connectivity index (χ4v) is 3.23.